The van der Waals surface area contributed by atoms with Crippen molar-refractivity contribution >= 4 is 17.4 Å². The lowest BCUT2D eigenvalue weighted by molar-refractivity contribution is 0.531. The number of halogens is 1. The smallest absolute Gasteiger partial charge is 0.137 e. The van der Waals surface area contributed by atoms with Crippen LogP contribution in [0.5, 0.6) is 0 Å². The third-order valence-corrected chi connectivity index (χ3v) is 3.59. The second-order valence-corrected chi connectivity index (χ2v) is 6.73. The number of nitrogens with zero attached hydrogens (tertiary/aromatic N) is 2. The van der Waals surface area contributed by atoms with E-state index in [9.17, 15) is 0 Å². The molecule has 0 saturated heterocycles. The second-order valence-electron chi connectivity index (χ2n) is 6.35. The van der Waals surface area contributed by atoms with E-state index in [0.29, 0.717) is 11.1 Å². The van der Waals surface area contributed by atoms with Gasteiger partial charge in [-0.3, -0.25) is 0 Å². The molecule has 1 N–H and O–H groups in total. The Morgan fingerprint density at radius 3 is 2.61 bits per heavy atom. The average Bonchev–Trinajstić information content (AvgIpc) is 3.07. The van der Waals surface area contributed by atoms with E-state index >= 15 is 0 Å². The normalized spacial score (nSPS) is 17.6. The van der Waals surface area contributed by atoms with E-state index in [-0.39, 0.29) is 5.41 Å². The van der Waals surface area contributed by atoms with Crippen molar-refractivity contribution in [2.24, 2.45) is 11.8 Å². The Balaban J connectivity index is 2.05. The fourth-order valence-electron chi connectivity index (χ4n) is 1.94. The quantitative estimate of drug-likeness (QED) is 0.841. The largest absolute Gasteiger partial charge is 0.370 e. The van der Waals surface area contributed by atoms with Crippen molar-refractivity contribution in [3.05, 3.63) is 17.0 Å². The maximum absolute atomic E-state index is 6.06. The van der Waals surface area contributed by atoms with E-state index in [4.69, 9.17) is 11.6 Å². The van der Waals surface area contributed by atoms with Gasteiger partial charge >= 0.3 is 0 Å². The number of anilines is 1. The van der Waals surface area contributed by atoms with Gasteiger partial charge in [-0.1, -0.05) is 39.3 Å². The molecule has 1 aromatic heterocycles. The summed E-state index contributed by atoms with van der Waals surface area (Å²) in [6.07, 6.45) is 2.75. The fraction of sp³-hybridized carbons (Fsp3) is 0.714. The molecular formula is C14H22ClN3. The first-order valence-electron chi connectivity index (χ1n) is 6.65. The summed E-state index contributed by atoms with van der Waals surface area (Å²) in [5.74, 6) is 3.23. The number of hydrogen-bond donors (Lipinski definition) is 1. The highest BCUT2D eigenvalue weighted by Gasteiger charge is 2.27. The van der Waals surface area contributed by atoms with Crippen LogP contribution in [0, 0.1) is 11.8 Å². The summed E-state index contributed by atoms with van der Waals surface area (Å²) >= 11 is 6.06. The third kappa shape index (κ3) is 3.58. The monoisotopic (exact) mass is 267 g/mol. The second kappa shape index (κ2) is 5.04. The third-order valence-electron chi connectivity index (χ3n) is 3.40. The molecule has 1 fully saturated rings. The molecule has 1 heterocycles. The van der Waals surface area contributed by atoms with Crippen LogP contribution in [-0.2, 0) is 5.41 Å². The van der Waals surface area contributed by atoms with E-state index < -0.39 is 0 Å². The highest BCUT2D eigenvalue weighted by Crippen LogP contribution is 2.36. The van der Waals surface area contributed by atoms with Crippen molar-refractivity contribution in [3.63, 3.8) is 0 Å². The molecule has 0 bridgehead atoms. The van der Waals surface area contributed by atoms with E-state index in [1.807, 2.05) is 0 Å². The molecule has 18 heavy (non-hydrogen) atoms. The highest BCUT2D eigenvalue weighted by molar-refractivity contribution is 6.29. The molecule has 0 aliphatic heterocycles. The van der Waals surface area contributed by atoms with Crippen LogP contribution >= 0.6 is 11.6 Å². The minimum Gasteiger partial charge on any atom is -0.370 e. The van der Waals surface area contributed by atoms with Gasteiger partial charge in [-0.25, -0.2) is 9.97 Å². The maximum Gasteiger partial charge on any atom is 0.137 e. The molecule has 0 spiro atoms. The van der Waals surface area contributed by atoms with Crippen molar-refractivity contribution in [2.45, 2.75) is 46.0 Å². The van der Waals surface area contributed by atoms with Crippen LogP contribution in [0.3, 0.4) is 0 Å². The lowest BCUT2D eigenvalue weighted by Crippen LogP contribution is -2.19. The highest BCUT2D eigenvalue weighted by atomic mass is 35.5. The molecule has 2 rings (SSSR count). The molecule has 0 amide bonds. The van der Waals surface area contributed by atoms with Gasteiger partial charge in [0.15, 0.2) is 0 Å². The molecular weight excluding hydrogens is 246 g/mol. The fourth-order valence-corrected chi connectivity index (χ4v) is 2.12. The van der Waals surface area contributed by atoms with E-state index in [1.54, 1.807) is 6.07 Å². The van der Waals surface area contributed by atoms with Gasteiger partial charge in [0, 0.05) is 18.0 Å². The first-order valence-corrected chi connectivity index (χ1v) is 7.03. The molecule has 1 aromatic rings. The minimum atomic E-state index is -0.0799. The van der Waals surface area contributed by atoms with Crippen molar-refractivity contribution in [3.8, 4) is 0 Å². The zero-order chi connectivity index (χ0) is 13.3. The van der Waals surface area contributed by atoms with Gasteiger partial charge in [0.05, 0.1) is 0 Å². The van der Waals surface area contributed by atoms with Crippen molar-refractivity contribution < 1.29 is 0 Å². The summed E-state index contributed by atoms with van der Waals surface area (Å²) in [4.78, 5) is 8.84. The van der Waals surface area contributed by atoms with Gasteiger partial charge in [0.2, 0.25) is 0 Å². The van der Waals surface area contributed by atoms with Crippen LogP contribution in [0.25, 0.3) is 0 Å². The molecule has 1 saturated carbocycles. The number of aromatic nitrogens is 2. The summed E-state index contributed by atoms with van der Waals surface area (Å²) in [5.41, 5.74) is -0.0799. The summed E-state index contributed by atoms with van der Waals surface area (Å²) in [5, 5.41) is 3.89. The molecule has 1 atom stereocenters. The molecule has 0 radical (unpaired) electrons. The van der Waals surface area contributed by atoms with Crippen molar-refractivity contribution in [1.29, 1.82) is 0 Å². The van der Waals surface area contributed by atoms with Crippen LogP contribution in [0.1, 0.15) is 46.4 Å². The number of nitrogens with one attached hydrogen (secondary N) is 1. The van der Waals surface area contributed by atoms with Crippen LogP contribution in [0.4, 0.5) is 5.82 Å². The lowest BCUT2D eigenvalue weighted by Gasteiger charge is -2.18. The number of rotatable bonds is 4. The van der Waals surface area contributed by atoms with Crippen LogP contribution < -0.4 is 5.32 Å². The zero-order valence-electron chi connectivity index (χ0n) is 11.6. The molecule has 1 unspecified atom stereocenters. The first kappa shape index (κ1) is 13.6. The topological polar surface area (TPSA) is 37.8 Å². The van der Waals surface area contributed by atoms with E-state index in [1.165, 1.54) is 12.8 Å². The van der Waals surface area contributed by atoms with E-state index in [2.05, 4.69) is 43.0 Å². The molecule has 100 valence electrons. The molecule has 1 aliphatic carbocycles. The van der Waals surface area contributed by atoms with Gasteiger partial charge < -0.3 is 5.32 Å². The lowest BCUT2D eigenvalue weighted by atomic mass is 9.96. The maximum atomic E-state index is 6.06. The Hall–Kier alpha value is -0.830. The van der Waals surface area contributed by atoms with Crippen molar-refractivity contribution in [2.75, 3.05) is 11.9 Å². The SMILES string of the molecule is CC(CNc1cc(Cl)nc(C(C)(C)C)n1)C1CC1. The van der Waals surface area contributed by atoms with Gasteiger partial charge in [0.1, 0.15) is 16.8 Å². The van der Waals surface area contributed by atoms with Crippen LogP contribution in [0.2, 0.25) is 5.15 Å². The Kier molecular flexibility index (Phi) is 3.81. The molecule has 3 nitrogen and oxygen atoms in total. The van der Waals surface area contributed by atoms with Gasteiger partial charge in [-0.05, 0) is 24.7 Å². The Bertz CT molecular complexity index is 422. The Morgan fingerprint density at radius 1 is 1.39 bits per heavy atom. The minimum absolute atomic E-state index is 0.0799. The predicted octanol–water partition coefficient (Wildman–Crippen LogP) is 3.89. The average molecular weight is 268 g/mol. The zero-order valence-corrected chi connectivity index (χ0v) is 12.4. The van der Waals surface area contributed by atoms with Crippen LogP contribution in [0.15, 0.2) is 6.07 Å². The van der Waals surface area contributed by atoms with Gasteiger partial charge in [0.25, 0.3) is 0 Å². The standard InChI is InChI=1S/C14H22ClN3/c1-9(10-5-6-10)8-16-12-7-11(15)17-13(18-12)14(2,3)4/h7,9-10H,5-6,8H2,1-4H3,(H,16,17,18). The molecule has 0 aromatic carbocycles. The Labute approximate surface area is 114 Å². The van der Waals surface area contributed by atoms with E-state index in [0.717, 1.165) is 24.1 Å². The predicted molar refractivity (Wildman–Crippen MR) is 76.1 cm³/mol. The summed E-state index contributed by atoms with van der Waals surface area (Å²) in [7, 11) is 0. The summed E-state index contributed by atoms with van der Waals surface area (Å²) in [6.45, 7) is 9.53. The summed E-state index contributed by atoms with van der Waals surface area (Å²) < 4.78 is 0. The number of hydrogen-bond acceptors (Lipinski definition) is 3. The van der Waals surface area contributed by atoms with Gasteiger partial charge in [-0.15, -0.1) is 0 Å². The molecule has 4 heteroatoms. The molecule has 1 aliphatic rings. The summed E-state index contributed by atoms with van der Waals surface area (Å²) in [6, 6.07) is 1.80. The van der Waals surface area contributed by atoms with Crippen LogP contribution in [-0.4, -0.2) is 16.5 Å². The first-order chi connectivity index (χ1) is 8.36. The Morgan fingerprint density at radius 2 is 2.06 bits per heavy atom. The van der Waals surface area contributed by atoms with Gasteiger partial charge in [-0.2, -0.15) is 0 Å². The van der Waals surface area contributed by atoms with Crippen molar-refractivity contribution in [1.82, 2.24) is 9.97 Å².